The predicted molar refractivity (Wildman–Crippen MR) is 125 cm³/mol. The molecule has 0 aliphatic heterocycles. The minimum absolute atomic E-state index is 0.230. The summed E-state index contributed by atoms with van der Waals surface area (Å²) in [5.74, 6) is -0.588. The highest BCUT2D eigenvalue weighted by Crippen LogP contribution is 2.17. The summed E-state index contributed by atoms with van der Waals surface area (Å²) in [6, 6.07) is 28.0. The predicted octanol–water partition coefficient (Wildman–Crippen LogP) is 5.16. The molecule has 0 bridgehead atoms. The molecule has 0 saturated carbocycles. The van der Waals surface area contributed by atoms with Crippen LogP contribution in [0.15, 0.2) is 96.1 Å². The van der Waals surface area contributed by atoms with E-state index in [0.29, 0.717) is 16.8 Å². The molecule has 0 unspecified atom stereocenters. The summed E-state index contributed by atoms with van der Waals surface area (Å²) in [5, 5.41) is 9.09. The number of carbonyl (C=O) groups excluding carboxylic acids is 2. The minimum atomic E-state index is -0.358. The van der Waals surface area contributed by atoms with E-state index in [2.05, 4.69) is 15.8 Å². The molecule has 0 aliphatic rings. The molecular formula is C26H21N3O2. The van der Waals surface area contributed by atoms with Gasteiger partial charge in [-0.05, 0) is 48.0 Å². The molecule has 0 atom stereocenters. The number of amides is 2. The van der Waals surface area contributed by atoms with Gasteiger partial charge >= 0.3 is 0 Å². The van der Waals surface area contributed by atoms with Crippen LogP contribution in [0.4, 0.5) is 5.69 Å². The zero-order chi connectivity index (χ0) is 21.6. The van der Waals surface area contributed by atoms with Crippen LogP contribution in [-0.4, -0.2) is 18.0 Å². The molecule has 4 aromatic rings. The van der Waals surface area contributed by atoms with Gasteiger partial charge in [0, 0.05) is 22.4 Å². The number of hydrazone groups is 1. The quantitative estimate of drug-likeness (QED) is 0.354. The normalized spacial score (nSPS) is 10.9. The first-order valence-corrected chi connectivity index (χ1v) is 9.89. The minimum Gasteiger partial charge on any atom is -0.322 e. The number of carbonyl (C=O) groups is 2. The van der Waals surface area contributed by atoms with Crippen molar-refractivity contribution in [2.75, 3.05) is 5.32 Å². The Morgan fingerprint density at radius 3 is 2.35 bits per heavy atom. The van der Waals surface area contributed by atoms with Gasteiger partial charge in [0.25, 0.3) is 11.8 Å². The summed E-state index contributed by atoms with van der Waals surface area (Å²) in [6.07, 6.45) is 1.63. The van der Waals surface area contributed by atoms with Crippen LogP contribution < -0.4 is 10.7 Å². The summed E-state index contributed by atoms with van der Waals surface area (Å²) in [4.78, 5) is 24.9. The van der Waals surface area contributed by atoms with Crippen LogP contribution in [-0.2, 0) is 0 Å². The highest BCUT2D eigenvalue weighted by Gasteiger charge is 2.09. The average molecular weight is 407 g/mol. The molecule has 31 heavy (non-hydrogen) atoms. The first kappa shape index (κ1) is 20.0. The molecule has 4 aromatic carbocycles. The Morgan fingerprint density at radius 1 is 0.774 bits per heavy atom. The van der Waals surface area contributed by atoms with Crippen molar-refractivity contribution >= 4 is 34.5 Å². The first-order valence-electron chi connectivity index (χ1n) is 9.89. The van der Waals surface area contributed by atoms with Gasteiger partial charge in [0.2, 0.25) is 0 Å². The monoisotopic (exact) mass is 407 g/mol. The molecule has 0 radical (unpaired) electrons. The maximum Gasteiger partial charge on any atom is 0.271 e. The Balaban J connectivity index is 1.43. The molecule has 5 heteroatoms. The third-order valence-corrected chi connectivity index (χ3v) is 4.89. The molecule has 0 heterocycles. The van der Waals surface area contributed by atoms with E-state index in [1.165, 1.54) is 0 Å². The van der Waals surface area contributed by atoms with Gasteiger partial charge in [-0.25, -0.2) is 5.43 Å². The van der Waals surface area contributed by atoms with E-state index in [1.807, 2.05) is 61.5 Å². The molecular weight excluding hydrogens is 386 g/mol. The first-order chi connectivity index (χ1) is 15.1. The number of hydrogen-bond donors (Lipinski definition) is 2. The van der Waals surface area contributed by atoms with Crippen LogP contribution in [0.25, 0.3) is 10.8 Å². The maximum absolute atomic E-state index is 12.5. The number of anilines is 1. The van der Waals surface area contributed by atoms with E-state index >= 15 is 0 Å². The zero-order valence-electron chi connectivity index (χ0n) is 17.0. The Hall–Kier alpha value is -4.25. The highest BCUT2D eigenvalue weighted by atomic mass is 16.2. The van der Waals surface area contributed by atoms with E-state index in [1.54, 1.807) is 42.6 Å². The van der Waals surface area contributed by atoms with Crippen LogP contribution in [0.5, 0.6) is 0 Å². The number of aryl methyl sites for hydroxylation is 1. The van der Waals surface area contributed by atoms with Crippen molar-refractivity contribution in [3.05, 3.63) is 113 Å². The van der Waals surface area contributed by atoms with Gasteiger partial charge < -0.3 is 5.32 Å². The van der Waals surface area contributed by atoms with Gasteiger partial charge in [-0.3, -0.25) is 9.59 Å². The Bertz CT molecular complexity index is 1270. The third-order valence-electron chi connectivity index (χ3n) is 4.89. The van der Waals surface area contributed by atoms with Gasteiger partial charge in [-0.15, -0.1) is 0 Å². The number of fused-ring (bicyclic) bond motifs is 1. The maximum atomic E-state index is 12.5. The molecule has 0 saturated heterocycles. The van der Waals surface area contributed by atoms with Crippen molar-refractivity contribution in [2.24, 2.45) is 5.10 Å². The SMILES string of the molecule is Cc1ccc(C(=O)Nc2cccc(C(=O)N/N=C\c3cccc4ccccc34)c2)cc1. The fraction of sp³-hybridized carbons (Fsp3) is 0.0385. The van der Waals surface area contributed by atoms with Crippen molar-refractivity contribution in [1.82, 2.24) is 5.43 Å². The zero-order valence-corrected chi connectivity index (χ0v) is 17.0. The van der Waals surface area contributed by atoms with E-state index < -0.39 is 0 Å². The lowest BCUT2D eigenvalue weighted by Gasteiger charge is -2.07. The molecule has 0 fully saturated rings. The van der Waals surface area contributed by atoms with Crippen LogP contribution in [0, 0.1) is 6.92 Å². The van der Waals surface area contributed by atoms with Gasteiger partial charge in [0.05, 0.1) is 6.21 Å². The summed E-state index contributed by atoms with van der Waals surface area (Å²) in [5.41, 5.74) is 6.04. The molecule has 152 valence electrons. The largest absolute Gasteiger partial charge is 0.322 e. The van der Waals surface area contributed by atoms with Gasteiger partial charge in [0.1, 0.15) is 0 Å². The van der Waals surface area contributed by atoms with Gasteiger partial charge in [0.15, 0.2) is 0 Å². The molecule has 2 amide bonds. The summed E-state index contributed by atoms with van der Waals surface area (Å²) in [6.45, 7) is 1.96. The van der Waals surface area contributed by atoms with Crippen molar-refractivity contribution < 1.29 is 9.59 Å². The number of benzene rings is 4. The Morgan fingerprint density at radius 2 is 1.52 bits per heavy atom. The molecule has 4 rings (SSSR count). The number of nitrogens with one attached hydrogen (secondary N) is 2. The second kappa shape index (κ2) is 9.05. The van der Waals surface area contributed by atoms with Crippen LogP contribution >= 0.6 is 0 Å². The Labute approximate surface area is 180 Å². The molecule has 5 nitrogen and oxygen atoms in total. The van der Waals surface area contributed by atoms with Crippen molar-refractivity contribution in [3.63, 3.8) is 0 Å². The summed E-state index contributed by atoms with van der Waals surface area (Å²) in [7, 11) is 0. The number of rotatable bonds is 5. The van der Waals surface area contributed by atoms with E-state index in [0.717, 1.165) is 21.9 Å². The Kier molecular flexibility index (Phi) is 5.85. The summed E-state index contributed by atoms with van der Waals surface area (Å²) >= 11 is 0. The lowest BCUT2D eigenvalue weighted by atomic mass is 10.1. The van der Waals surface area contributed by atoms with E-state index in [-0.39, 0.29) is 11.8 Å². The molecule has 0 spiro atoms. The smallest absolute Gasteiger partial charge is 0.271 e. The lowest BCUT2D eigenvalue weighted by Crippen LogP contribution is -2.18. The fourth-order valence-corrected chi connectivity index (χ4v) is 3.23. The molecule has 0 aromatic heterocycles. The van der Waals surface area contributed by atoms with Gasteiger partial charge in [-0.2, -0.15) is 5.10 Å². The second-order valence-corrected chi connectivity index (χ2v) is 7.17. The van der Waals surface area contributed by atoms with Gasteiger partial charge in [-0.1, -0.05) is 66.2 Å². The van der Waals surface area contributed by atoms with Crippen LogP contribution in [0.1, 0.15) is 31.8 Å². The number of nitrogens with zero attached hydrogens (tertiary/aromatic N) is 1. The lowest BCUT2D eigenvalue weighted by molar-refractivity contribution is 0.0953. The van der Waals surface area contributed by atoms with E-state index in [9.17, 15) is 9.59 Å². The van der Waals surface area contributed by atoms with Crippen molar-refractivity contribution in [3.8, 4) is 0 Å². The molecule has 2 N–H and O–H groups in total. The van der Waals surface area contributed by atoms with Crippen molar-refractivity contribution in [1.29, 1.82) is 0 Å². The fourth-order valence-electron chi connectivity index (χ4n) is 3.23. The second-order valence-electron chi connectivity index (χ2n) is 7.17. The van der Waals surface area contributed by atoms with Crippen LogP contribution in [0.2, 0.25) is 0 Å². The van der Waals surface area contributed by atoms with E-state index in [4.69, 9.17) is 0 Å². The highest BCUT2D eigenvalue weighted by molar-refractivity contribution is 6.05. The van der Waals surface area contributed by atoms with Crippen LogP contribution in [0.3, 0.4) is 0 Å². The standard InChI is InChI=1S/C26H21N3O2/c1-18-12-14-20(15-13-18)25(30)28-23-10-5-8-21(16-23)26(31)29-27-17-22-9-4-7-19-6-2-3-11-24(19)22/h2-17H,1H3,(H,28,30)(H,29,31)/b27-17-. The molecule has 0 aliphatic carbocycles. The average Bonchev–Trinajstić information content (AvgIpc) is 2.80. The summed E-state index contributed by atoms with van der Waals surface area (Å²) < 4.78 is 0. The topological polar surface area (TPSA) is 70.6 Å². The number of hydrogen-bond acceptors (Lipinski definition) is 3. The van der Waals surface area contributed by atoms with Crippen molar-refractivity contribution in [2.45, 2.75) is 6.92 Å². The third kappa shape index (κ3) is 4.85.